The predicted octanol–water partition coefficient (Wildman–Crippen LogP) is 4.74. The van der Waals surface area contributed by atoms with Crippen LogP contribution in [-0.2, 0) is 20.2 Å². The van der Waals surface area contributed by atoms with E-state index in [-0.39, 0.29) is 39.4 Å². The number of nitrogens with zero attached hydrogens (tertiary/aromatic N) is 2. The van der Waals surface area contributed by atoms with Gasteiger partial charge in [0.15, 0.2) is 5.71 Å². The van der Waals surface area contributed by atoms with Gasteiger partial charge in [0.05, 0.1) is 25.6 Å². The van der Waals surface area contributed by atoms with Gasteiger partial charge in [0, 0.05) is 22.4 Å². The molecule has 0 fully saturated rings. The van der Waals surface area contributed by atoms with Crippen molar-refractivity contribution < 1.29 is 45.0 Å². The zero-order valence-corrected chi connectivity index (χ0v) is 28.2. The van der Waals surface area contributed by atoms with Crippen molar-refractivity contribution in [2.24, 2.45) is 10.2 Å². The zero-order valence-electron chi connectivity index (χ0n) is 26.6. The Bertz CT molecular complexity index is 2510. The van der Waals surface area contributed by atoms with Crippen LogP contribution in [0.4, 0.5) is 17.1 Å². The number of rotatable bonds is 9. The molecule has 6 rings (SSSR count). The Morgan fingerprint density at radius 3 is 1.78 bits per heavy atom. The quantitative estimate of drug-likeness (QED) is 0.0890. The number of nitrogens with one attached hydrogen (secondary N) is 2. The molecular formula is C34H27N5O10S2. The molecule has 2 aliphatic rings. The Balaban J connectivity index is 1.27. The zero-order chi connectivity index (χ0) is 36.7. The summed E-state index contributed by atoms with van der Waals surface area (Å²) in [6.45, 7) is 0. The van der Waals surface area contributed by atoms with E-state index in [1.165, 1.54) is 44.6 Å². The van der Waals surface area contributed by atoms with Gasteiger partial charge < -0.3 is 15.2 Å². The summed E-state index contributed by atoms with van der Waals surface area (Å²) >= 11 is 0. The first-order valence-corrected chi connectivity index (χ1v) is 17.6. The van der Waals surface area contributed by atoms with E-state index >= 15 is 0 Å². The first-order valence-electron chi connectivity index (χ1n) is 14.7. The molecular weight excluding hydrogens is 703 g/mol. The highest BCUT2D eigenvalue weighted by atomic mass is 32.2. The summed E-state index contributed by atoms with van der Waals surface area (Å²) in [6, 6.07) is 20.2. The molecule has 0 saturated carbocycles. The highest BCUT2D eigenvalue weighted by Crippen LogP contribution is 2.36. The standard InChI is InChI=1S/C34H27N5O10S2/c1-48-28-14-18(7-11-25(28)36-38-27-17-30(50(42,43)44)23-5-3-4-6-24(23)33(27)40)19-8-12-26(29(15-19)49-2)37-39-32-31(51(45,46)47)16-20-13-21(35)9-10-22(20)34(32)41/h3-17,36-37H,35H2,1-2H3,(H,42,43,44)(H,45,46,47)/b38-27+,39-32+. The molecule has 15 nitrogen and oxygen atoms in total. The van der Waals surface area contributed by atoms with Crippen molar-refractivity contribution in [3.63, 3.8) is 0 Å². The molecule has 2 aliphatic carbocycles. The van der Waals surface area contributed by atoms with Gasteiger partial charge in [0.25, 0.3) is 20.2 Å². The van der Waals surface area contributed by atoms with Crippen LogP contribution < -0.4 is 26.1 Å². The summed E-state index contributed by atoms with van der Waals surface area (Å²) in [7, 11) is -6.71. The molecule has 0 aromatic heterocycles. The van der Waals surface area contributed by atoms with Crippen LogP contribution in [0, 0.1) is 0 Å². The third kappa shape index (κ3) is 6.86. The fraction of sp³-hybridized carbons (Fsp3) is 0.0588. The number of nitrogen functional groups attached to an aromatic ring is 1. The molecule has 0 spiro atoms. The molecule has 51 heavy (non-hydrogen) atoms. The lowest BCUT2D eigenvalue weighted by Gasteiger charge is -2.17. The number of allylic oxidation sites excluding steroid dienone is 2. The molecule has 260 valence electrons. The van der Waals surface area contributed by atoms with Crippen molar-refractivity contribution in [1.82, 2.24) is 0 Å². The van der Waals surface area contributed by atoms with E-state index in [1.807, 2.05) is 0 Å². The van der Waals surface area contributed by atoms with Crippen LogP contribution in [-0.4, -0.2) is 63.2 Å². The van der Waals surface area contributed by atoms with Crippen molar-refractivity contribution in [1.29, 1.82) is 0 Å². The van der Waals surface area contributed by atoms with Crippen LogP contribution >= 0.6 is 0 Å². The minimum absolute atomic E-state index is 0.0605. The van der Waals surface area contributed by atoms with Crippen molar-refractivity contribution >= 4 is 71.3 Å². The number of Topliss-reactive ketones (excluding diaryl/α,β-unsaturated/α-hetero) is 2. The minimum atomic E-state index is -4.85. The summed E-state index contributed by atoms with van der Waals surface area (Å²) in [5, 5.41) is 8.14. The Morgan fingerprint density at radius 2 is 1.22 bits per heavy atom. The molecule has 4 aromatic rings. The minimum Gasteiger partial charge on any atom is -0.494 e. The van der Waals surface area contributed by atoms with Gasteiger partial charge in [-0.1, -0.05) is 36.4 Å². The number of benzene rings is 4. The number of fused-ring (bicyclic) bond motifs is 2. The topological polar surface area (TPSA) is 236 Å². The largest absolute Gasteiger partial charge is 0.494 e. The van der Waals surface area contributed by atoms with Gasteiger partial charge in [-0.25, -0.2) is 0 Å². The number of ketones is 2. The summed E-state index contributed by atoms with van der Waals surface area (Å²) in [6.07, 6.45) is 2.10. The van der Waals surface area contributed by atoms with Crippen LogP contribution in [0.2, 0.25) is 0 Å². The Kier molecular flexibility index (Phi) is 9.05. The second-order valence-corrected chi connectivity index (χ2v) is 13.8. The lowest BCUT2D eigenvalue weighted by Crippen LogP contribution is -2.27. The van der Waals surface area contributed by atoms with E-state index in [1.54, 1.807) is 48.5 Å². The maximum Gasteiger partial charge on any atom is 0.296 e. The molecule has 4 aromatic carbocycles. The normalized spacial score (nSPS) is 15.8. The Hall–Kier alpha value is -6.14. The molecule has 0 bridgehead atoms. The number of hydrazone groups is 2. The lowest BCUT2D eigenvalue weighted by atomic mass is 9.94. The van der Waals surface area contributed by atoms with Gasteiger partial charge in [0.2, 0.25) is 11.6 Å². The van der Waals surface area contributed by atoms with Crippen LogP contribution in [0.1, 0.15) is 31.8 Å². The maximum absolute atomic E-state index is 13.2. The van der Waals surface area contributed by atoms with Crippen LogP contribution in [0.5, 0.6) is 11.5 Å². The van der Waals surface area contributed by atoms with Crippen LogP contribution in [0.15, 0.2) is 100 Å². The van der Waals surface area contributed by atoms with E-state index in [9.17, 15) is 35.5 Å². The van der Waals surface area contributed by atoms with Crippen LogP contribution in [0.3, 0.4) is 0 Å². The van der Waals surface area contributed by atoms with E-state index < -0.39 is 47.3 Å². The Labute approximate surface area is 291 Å². The summed E-state index contributed by atoms with van der Waals surface area (Å²) < 4.78 is 79.1. The van der Waals surface area contributed by atoms with E-state index in [0.717, 1.165) is 12.2 Å². The number of anilines is 3. The monoisotopic (exact) mass is 729 g/mol. The highest BCUT2D eigenvalue weighted by Gasteiger charge is 2.33. The SMILES string of the molecule is COc1cc(-c2ccc(N/N=C3\C=C(S(=O)(=O)O)c4ccccc4C3=O)c(OC)c2)ccc1N/N=C1/C(=O)c2ccc(N)cc2C=C1S(=O)(=O)O. The number of hydrogen-bond acceptors (Lipinski definition) is 13. The molecule has 0 amide bonds. The first-order chi connectivity index (χ1) is 24.2. The molecule has 0 saturated heterocycles. The summed E-state index contributed by atoms with van der Waals surface area (Å²) in [5.74, 6) is -0.744. The third-order valence-corrected chi connectivity index (χ3v) is 9.63. The van der Waals surface area contributed by atoms with Crippen molar-refractivity contribution in [3.05, 3.63) is 112 Å². The van der Waals surface area contributed by atoms with Crippen molar-refractivity contribution in [2.45, 2.75) is 0 Å². The van der Waals surface area contributed by atoms with E-state index in [2.05, 4.69) is 21.1 Å². The number of ether oxygens (including phenoxy) is 2. The molecule has 0 radical (unpaired) electrons. The van der Waals surface area contributed by atoms with Gasteiger partial charge in [-0.15, -0.1) is 0 Å². The summed E-state index contributed by atoms with van der Waals surface area (Å²) in [5.41, 5.74) is 13.0. The number of methoxy groups -OCH3 is 2. The first kappa shape index (κ1) is 34.7. The number of nitrogens with two attached hydrogens (primary N) is 1. The predicted molar refractivity (Wildman–Crippen MR) is 192 cm³/mol. The average Bonchev–Trinajstić information content (AvgIpc) is 3.09. The molecule has 17 heteroatoms. The number of carbonyl (C=O) groups excluding carboxylic acids is 2. The molecule has 0 heterocycles. The third-order valence-electron chi connectivity index (χ3n) is 7.87. The van der Waals surface area contributed by atoms with E-state index in [4.69, 9.17) is 15.2 Å². The van der Waals surface area contributed by atoms with Crippen molar-refractivity contribution in [3.8, 4) is 22.6 Å². The molecule has 0 atom stereocenters. The fourth-order valence-corrected chi connectivity index (χ4v) is 6.79. The number of hydrogen-bond donors (Lipinski definition) is 5. The van der Waals surface area contributed by atoms with Crippen LogP contribution in [0.25, 0.3) is 22.1 Å². The van der Waals surface area contributed by atoms with Gasteiger partial charge >= 0.3 is 0 Å². The number of carbonyl (C=O) groups is 2. The highest BCUT2D eigenvalue weighted by molar-refractivity contribution is 7.95. The van der Waals surface area contributed by atoms with Gasteiger partial charge in [0.1, 0.15) is 27.0 Å². The van der Waals surface area contributed by atoms with Gasteiger partial charge in [-0.3, -0.25) is 29.5 Å². The lowest BCUT2D eigenvalue weighted by molar-refractivity contribution is 0.105. The fourth-order valence-electron chi connectivity index (χ4n) is 5.42. The molecule has 0 unspecified atom stereocenters. The summed E-state index contributed by atoms with van der Waals surface area (Å²) in [4.78, 5) is 25.1. The second-order valence-electron chi connectivity index (χ2n) is 11.0. The average molecular weight is 730 g/mol. The second kappa shape index (κ2) is 13.3. The Morgan fingerprint density at radius 1 is 0.647 bits per heavy atom. The smallest absolute Gasteiger partial charge is 0.296 e. The molecule has 0 aliphatic heterocycles. The van der Waals surface area contributed by atoms with E-state index in [0.29, 0.717) is 28.3 Å². The van der Waals surface area contributed by atoms with Crippen molar-refractivity contribution in [2.75, 3.05) is 30.8 Å². The maximum atomic E-state index is 13.2. The van der Waals surface area contributed by atoms with Gasteiger partial charge in [-0.05, 0) is 71.3 Å². The van der Waals surface area contributed by atoms with Gasteiger partial charge in [-0.2, -0.15) is 27.0 Å². The molecule has 6 N–H and O–H groups in total.